The highest BCUT2D eigenvalue weighted by Crippen LogP contribution is 2.25. The summed E-state index contributed by atoms with van der Waals surface area (Å²) >= 11 is 0. The van der Waals surface area contributed by atoms with Crippen molar-refractivity contribution in [2.75, 3.05) is 6.61 Å². The molecular formula is C15H22N2O2. The van der Waals surface area contributed by atoms with Gasteiger partial charge in [-0.15, -0.1) is 0 Å². The molecule has 0 spiro atoms. The van der Waals surface area contributed by atoms with Crippen molar-refractivity contribution in [2.24, 2.45) is 11.7 Å². The summed E-state index contributed by atoms with van der Waals surface area (Å²) in [6.45, 7) is 5.22. The molecule has 0 unspecified atom stereocenters. The highest BCUT2D eigenvalue weighted by molar-refractivity contribution is 5.79. The van der Waals surface area contributed by atoms with Crippen LogP contribution in [-0.2, 0) is 11.3 Å². The van der Waals surface area contributed by atoms with E-state index in [9.17, 15) is 4.79 Å². The van der Waals surface area contributed by atoms with Gasteiger partial charge in [0.05, 0.1) is 6.61 Å². The number of hydrogen-bond donors (Lipinski definition) is 2. The number of carbonyl (C=O) groups is 1. The molecule has 1 fully saturated rings. The highest BCUT2D eigenvalue weighted by atomic mass is 16.5. The molecule has 4 heteroatoms. The lowest BCUT2D eigenvalue weighted by atomic mass is 9.80. The molecule has 1 aliphatic carbocycles. The monoisotopic (exact) mass is 262 g/mol. The van der Waals surface area contributed by atoms with Gasteiger partial charge in [-0.05, 0) is 43.9 Å². The van der Waals surface area contributed by atoms with Gasteiger partial charge in [-0.2, -0.15) is 0 Å². The van der Waals surface area contributed by atoms with Gasteiger partial charge in [-0.1, -0.05) is 12.1 Å². The third-order valence-electron chi connectivity index (χ3n) is 3.55. The van der Waals surface area contributed by atoms with Crippen LogP contribution in [0.5, 0.6) is 5.75 Å². The molecule has 0 heterocycles. The number of aryl methyl sites for hydroxylation is 1. The van der Waals surface area contributed by atoms with E-state index >= 15 is 0 Å². The Labute approximate surface area is 114 Å². The fourth-order valence-corrected chi connectivity index (χ4v) is 2.35. The minimum absolute atomic E-state index is 0.110. The van der Waals surface area contributed by atoms with Gasteiger partial charge in [-0.25, -0.2) is 0 Å². The SMILES string of the molecule is CCOc1ccc(CNC(=O)C2CC(N)C2)cc1C. The van der Waals surface area contributed by atoms with Crippen LogP contribution in [0, 0.1) is 12.8 Å². The van der Waals surface area contributed by atoms with Crippen LogP contribution >= 0.6 is 0 Å². The smallest absolute Gasteiger partial charge is 0.223 e. The predicted octanol–water partition coefficient (Wildman–Crippen LogP) is 1.75. The lowest BCUT2D eigenvalue weighted by Gasteiger charge is -2.31. The lowest BCUT2D eigenvalue weighted by Crippen LogP contribution is -2.44. The fourth-order valence-electron chi connectivity index (χ4n) is 2.35. The van der Waals surface area contributed by atoms with Gasteiger partial charge < -0.3 is 15.8 Å². The maximum Gasteiger partial charge on any atom is 0.223 e. The summed E-state index contributed by atoms with van der Waals surface area (Å²) in [4.78, 5) is 11.8. The van der Waals surface area contributed by atoms with Crippen LogP contribution in [0.1, 0.15) is 30.9 Å². The zero-order valence-electron chi connectivity index (χ0n) is 11.6. The first-order valence-corrected chi connectivity index (χ1v) is 6.85. The van der Waals surface area contributed by atoms with Crippen molar-refractivity contribution in [3.05, 3.63) is 29.3 Å². The van der Waals surface area contributed by atoms with Crippen molar-refractivity contribution in [3.63, 3.8) is 0 Å². The minimum Gasteiger partial charge on any atom is -0.494 e. The Kier molecular flexibility index (Phi) is 4.43. The van der Waals surface area contributed by atoms with Crippen molar-refractivity contribution >= 4 is 5.91 Å². The Bertz CT molecular complexity index is 453. The summed E-state index contributed by atoms with van der Waals surface area (Å²) in [5.41, 5.74) is 7.88. The van der Waals surface area contributed by atoms with E-state index in [1.54, 1.807) is 0 Å². The molecule has 19 heavy (non-hydrogen) atoms. The zero-order chi connectivity index (χ0) is 13.8. The summed E-state index contributed by atoms with van der Waals surface area (Å²) in [5, 5.41) is 2.96. The molecule has 2 rings (SSSR count). The van der Waals surface area contributed by atoms with Crippen molar-refractivity contribution in [1.29, 1.82) is 0 Å². The lowest BCUT2D eigenvalue weighted by molar-refractivity contribution is -0.128. The van der Waals surface area contributed by atoms with Crippen LogP contribution in [0.3, 0.4) is 0 Å². The maximum absolute atomic E-state index is 11.8. The normalized spacial score (nSPS) is 21.6. The summed E-state index contributed by atoms with van der Waals surface area (Å²) in [5.74, 6) is 1.13. The Morgan fingerprint density at radius 1 is 1.47 bits per heavy atom. The molecule has 1 amide bonds. The molecule has 1 aliphatic rings. The minimum atomic E-state index is 0.110. The van der Waals surface area contributed by atoms with Crippen molar-refractivity contribution in [3.8, 4) is 5.75 Å². The Balaban J connectivity index is 1.86. The molecule has 1 saturated carbocycles. The molecule has 1 aromatic rings. The van der Waals surface area contributed by atoms with Crippen LogP contribution in [0.4, 0.5) is 0 Å². The average molecular weight is 262 g/mol. The number of carbonyl (C=O) groups excluding carboxylic acids is 1. The third-order valence-corrected chi connectivity index (χ3v) is 3.55. The van der Waals surface area contributed by atoms with Crippen molar-refractivity contribution in [1.82, 2.24) is 5.32 Å². The Hall–Kier alpha value is -1.55. The summed E-state index contributed by atoms with van der Waals surface area (Å²) in [6.07, 6.45) is 1.63. The largest absolute Gasteiger partial charge is 0.494 e. The van der Waals surface area contributed by atoms with Gasteiger partial charge in [-0.3, -0.25) is 4.79 Å². The summed E-state index contributed by atoms with van der Waals surface area (Å²) < 4.78 is 5.49. The van der Waals surface area contributed by atoms with E-state index in [1.165, 1.54) is 0 Å². The molecule has 0 radical (unpaired) electrons. The zero-order valence-corrected chi connectivity index (χ0v) is 11.6. The van der Waals surface area contributed by atoms with E-state index in [0.717, 1.165) is 29.7 Å². The molecule has 3 N–H and O–H groups in total. The summed E-state index contributed by atoms with van der Waals surface area (Å²) in [7, 11) is 0. The second-order valence-electron chi connectivity index (χ2n) is 5.18. The quantitative estimate of drug-likeness (QED) is 0.849. The number of ether oxygens (including phenoxy) is 1. The van der Waals surface area contributed by atoms with Crippen molar-refractivity contribution < 1.29 is 9.53 Å². The highest BCUT2D eigenvalue weighted by Gasteiger charge is 2.31. The standard InChI is InChI=1S/C15H22N2O2/c1-3-19-14-5-4-11(6-10(14)2)9-17-15(18)12-7-13(16)8-12/h4-6,12-13H,3,7-9,16H2,1-2H3,(H,17,18). The first-order valence-electron chi connectivity index (χ1n) is 6.85. The fraction of sp³-hybridized carbons (Fsp3) is 0.533. The van der Waals surface area contributed by atoms with Crippen LogP contribution in [-0.4, -0.2) is 18.6 Å². The van der Waals surface area contributed by atoms with Gasteiger partial charge in [0.15, 0.2) is 0 Å². The van der Waals surface area contributed by atoms with Crippen LogP contribution in [0.25, 0.3) is 0 Å². The van der Waals surface area contributed by atoms with Gasteiger partial charge in [0, 0.05) is 18.5 Å². The number of benzene rings is 1. The molecule has 0 atom stereocenters. The van der Waals surface area contributed by atoms with E-state index in [0.29, 0.717) is 13.2 Å². The first-order chi connectivity index (χ1) is 9.10. The molecule has 0 aromatic heterocycles. The van der Waals surface area contributed by atoms with Crippen LogP contribution in [0.15, 0.2) is 18.2 Å². The topological polar surface area (TPSA) is 64.3 Å². The molecule has 0 saturated heterocycles. The first kappa shape index (κ1) is 13.9. The molecule has 104 valence electrons. The number of hydrogen-bond acceptors (Lipinski definition) is 3. The third kappa shape index (κ3) is 3.47. The van der Waals surface area contributed by atoms with E-state index in [1.807, 2.05) is 26.0 Å². The molecule has 0 bridgehead atoms. The van der Waals surface area contributed by atoms with Gasteiger partial charge in [0.2, 0.25) is 5.91 Å². The van der Waals surface area contributed by atoms with Crippen LogP contribution < -0.4 is 15.8 Å². The Morgan fingerprint density at radius 3 is 2.79 bits per heavy atom. The number of amides is 1. The molecule has 4 nitrogen and oxygen atoms in total. The number of nitrogens with one attached hydrogen (secondary N) is 1. The second kappa shape index (κ2) is 6.06. The van der Waals surface area contributed by atoms with Gasteiger partial charge >= 0.3 is 0 Å². The molecular weight excluding hydrogens is 240 g/mol. The van der Waals surface area contributed by atoms with Crippen LogP contribution in [0.2, 0.25) is 0 Å². The predicted molar refractivity (Wildman–Crippen MR) is 74.9 cm³/mol. The maximum atomic E-state index is 11.8. The van der Waals surface area contributed by atoms with Gasteiger partial charge in [0.1, 0.15) is 5.75 Å². The van der Waals surface area contributed by atoms with E-state index in [-0.39, 0.29) is 17.9 Å². The second-order valence-corrected chi connectivity index (χ2v) is 5.18. The average Bonchev–Trinajstić information content (AvgIpc) is 2.35. The van der Waals surface area contributed by atoms with Gasteiger partial charge in [0.25, 0.3) is 0 Å². The number of nitrogens with two attached hydrogens (primary N) is 1. The van der Waals surface area contributed by atoms with E-state index in [4.69, 9.17) is 10.5 Å². The van der Waals surface area contributed by atoms with Crippen molar-refractivity contribution in [2.45, 2.75) is 39.3 Å². The number of rotatable bonds is 5. The van der Waals surface area contributed by atoms with E-state index in [2.05, 4.69) is 11.4 Å². The molecule has 1 aromatic carbocycles. The van der Waals surface area contributed by atoms with E-state index < -0.39 is 0 Å². The molecule has 0 aliphatic heterocycles. The Morgan fingerprint density at radius 2 is 2.21 bits per heavy atom. The summed E-state index contributed by atoms with van der Waals surface area (Å²) in [6, 6.07) is 6.21.